The molecule has 21 heavy (non-hydrogen) atoms. The molecule has 0 aliphatic carbocycles. The number of aryl methyl sites for hydroxylation is 2. The molecule has 1 aromatic carbocycles. The summed E-state index contributed by atoms with van der Waals surface area (Å²) in [5, 5.41) is 10.3. The lowest BCUT2D eigenvalue weighted by Gasteiger charge is -2.07. The van der Waals surface area contributed by atoms with E-state index in [2.05, 4.69) is 11.1 Å². The van der Waals surface area contributed by atoms with Crippen molar-refractivity contribution >= 4 is 11.0 Å². The number of benzene rings is 1. The first-order chi connectivity index (χ1) is 10.1. The average Bonchev–Trinajstić information content (AvgIpc) is 2.86. The Kier molecular flexibility index (Phi) is 3.11. The van der Waals surface area contributed by atoms with E-state index < -0.39 is 0 Å². The Balaban J connectivity index is 2.29. The largest absolute Gasteiger partial charge is 0.497 e. The number of rotatable bonds is 2. The van der Waals surface area contributed by atoms with Crippen LogP contribution in [0.2, 0.25) is 0 Å². The third-order valence-corrected chi connectivity index (χ3v) is 3.55. The molecular formula is C17H15N3O. The van der Waals surface area contributed by atoms with E-state index in [1.807, 2.05) is 54.9 Å². The Morgan fingerprint density at radius 3 is 2.52 bits per heavy atom. The zero-order valence-electron chi connectivity index (χ0n) is 12.2. The van der Waals surface area contributed by atoms with Gasteiger partial charge in [0.15, 0.2) is 0 Å². The van der Waals surface area contributed by atoms with Crippen molar-refractivity contribution in [1.82, 2.24) is 9.55 Å². The number of nitriles is 1. The fourth-order valence-electron chi connectivity index (χ4n) is 2.60. The van der Waals surface area contributed by atoms with Crippen LogP contribution in [0.3, 0.4) is 0 Å². The fraction of sp³-hybridized carbons (Fsp3) is 0.176. The van der Waals surface area contributed by atoms with E-state index >= 15 is 0 Å². The number of hydrogen-bond acceptors (Lipinski definition) is 3. The van der Waals surface area contributed by atoms with E-state index in [9.17, 15) is 5.26 Å². The summed E-state index contributed by atoms with van der Waals surface area (Å²) in [7, 11) is 1.64. The lowest BCUT2D eigenvalue weighted by Crippen LogP contribution is -1.95. The molecule has 4 heteroatoms. The molecule has 4 nitrogen and oxygen atoms in total. The van der Waals surface area contributed by atoms with E-state index in [1.165, 1.54) is 0 Å². The molecule has 0 fully saturated rings. The summed E-state index contributed by atoms with van der Waals surface area (Å²) in [6, 6.07) is 12.0. The number of hydrogen-bond donors (Lipinski definition) is 0. The molecule has 0 amide bonds. The normalized spacial score (nSPS) is 10.6. The number of aromatic nitrogens is 2. The highest BCUT2D eigenvalue weighted by Crippen LogP contribution is 2.27. The minimum atomic E-state index is 0.644. The van der Waals surface area contributed by atoms with Gasteiger partial charge in [-0.25, -0.2) is 4.98 Å². The summed E-state index contributed by atoms with van der Waals surface area (Å²) in [4.78, 5) is 4.60. The highest BCUT2D eigenvalue weighted by Gasteiger charge is 2.13. The van der Waals surface area contributed by atoms with Gasteiger partial charge in [-0.05, 0) is 49.7 Å². The van der Waals surface area contributed by atoms with Crippen molar-refractivity contribution in [2.45, 2.75) is 13.8 Å². The smallest absolute Gasteiger partial charge is 0.146 e. The molecule has 104 valence electrons. The molecule has 0 bridgehead atoms. The molecule has 2 aromatic heterocycles. The second-order valence-corrected chi connectivity index (χ2v) is 5.00. The molecule has 0 unspecified atom stereocenters. The van der Waals surface area contributed by atoms with Gasteiger partial charge >= 0.3 is 0 Å². The molecule has 0 aliphatic heterocycles. The first kappa shape index (κ1) is 13.2. The van der Waals surface area contributed by atoms with Gasteiger partial charge in [-0.1, -0.05) is 0 Å². The zero-order valence-corrected chi connectivity index (χ0v) is 12.2. The van der Waals surface area contributed by atoms with Gasteiger partial charge in [0.2, 0.25) is 0 Å². The molecule has 0 saturated heterocycles. The Morgan fingerprint density at radius 2 is 1.90 bits per heavy atom. The van der Waals surface area contributed by atoms with Crippen LogP contribution in [-0.2, 0) is 0 Å². The molecular weight excluding hydrogens is 262 g/mol. The van der Waals surface area contributed by atoms with Crippen molar-refractivity contribution in [1.29, 1.82) is 5.26 Å². The highest BCUT2D eigenvalue weighted by atomic mass is 16.5. The number of pyridine rings is 1. The van der Waals surface area contributed by atoms with Crippen LogP contribution in [0.1, 0.15) is 16.8 Å². The second-order valence-electron chi connectivity index (χ2n) is 5.00. The van der Waals surface area contributed by atoms with Gasteiger partial charge in [-0.15, -0.1) is 0 Å². The monoisotopic (exact) mass is 277 g/mol. The van der Waals surface area contributed by atoms with Gasteiger partial charge in [-0.3, -0.25) is 4.57 Å². The van der Waals surface area contributed by atoms with Crippen molar-refractivity contribution in [3.8, 4) is 17.5 Å². The molecule has 0 saturated carbocycles. The van der Waals surface area contributed by atoms with E-state index in [1.54, 1.807) is 7.11 Å². The molecule has 0 spiro atoms. The first-order valence-corrected chi connectivity index (χ1v) is 6.68. The van der Waals surface area contributed by atoms with Crippen molar-refractivity contribution < 1.29 is 4.74 Å². The fourth-order valence-corrected chi connectivity index (χ4v) is 2.60. The SMILES string of the molecule is COc1ccc(-n2cc(C#N)c3c(C)cc(C)nc32)cc1. The topological polar surface area (TPSA) is 50.8 Å². The maximum atomic E-state index is 9.36. The van der Waals surface area contributed by atoms with Gasteiger partial charge in [0.1, 0.15) is 17.5 Å². The van der Waals surface area contributed by atoms with Crippen LogP contribution < -0.4 is 4.74 Å². The minimum absolute atomic E-state index is 0.644. The van der Waals surface area contributed by atoms with Crippen LogP contribution in [0.25, 0.3) is 16.7 Å². The minimum Gasteiger partial charge on any atom is -0.497 e. The Labute approximate surface area is 123 Å². The van der Waals surface area contributed by atoms with Gasteiger partial charge < -0.3 is 4.74 Å². The number of nitrogens with zero attached hydrogens (tertiary/aromatic N) is 3. The summed E-state index contributed by atoms with van der Waals surface area (Å²) in [6.07, 6.45) is 1.84. The van der Waals surface area contributed by atoms with Crippen LogP contribution in [0.4, 0.5) is 0 Å². The summed E-state index contributed by atoms with van der Waals surface area (Å²) in [5.74, 6) is 0.802. The quantitative estimate of drug-likeness (QED) is 0.720. The van der Waals surface area contributed by atoms with Crippen molar-refractivity contribution in [3.05, 3.63) is 53.3 Å². The van der Waals surface area contributed by atoms with Crippen molar-refractivity contribution in [2.75, 3.05) is 7.11 Å². The summed E-state index contributed by atoms with van der Waals surface area (Å²) in [5.41, 5.74) is 4.43. The Hall–Kier alpha value is -2.80. The standard InChI is InChI=1S/C17H15N3O/c1-11-8-12(2)19-17-16(11)13(9-18)10-20(17)14-4-6-15(21-3)7-5-14/h4-8,10H,1-3H3. The Bertz CT molecular complexity index is 854. The molecule has 3 rings (SSSR count). The van der Waals surface area contributed by atoms with Gasteiger partial charge in [0, 0.05) is 23.0 Å². The molecule has 3 aromatic rings. The number of fused-ring (bicyclic) bond motifs is 1. The van der Waals surface area contributed by atoms with Gasteiger partial charge in [0.05, 0.1) is 12.7 Å². The van der Waals surface area contributed by atoms with Gasteiger partial charge in [-0.2, -0.15) is 5.26 Å². The number of ether oxygens (including phenoxy) is 1. The summed E-state index contributed by atoms with van der Waals surface area (Å²) < 4.78 is 7.13. The molecule has 0 radical (unpaired) electrons. The van der Waals surface area contributed by atoms with Crippen molar-refractivity contribution in [2.24, 2.45) is 0 Å². The average molecular weight is 277 g/mol. The highest BCUT2D eigenvalue weighted by molar-refractivity contribution is 5.88. The van der Waals surface area contributed by atoms with Crippen LogP contribution in [0.5, 0.6) is 5.75 Å². The van der Waals surface area contributed by atoms with Crippen molar-refractivity contribution in [3.63, 3.8) is 0 Å². The van der Waals surface area contributed by atoms with E-state index in [-0.39, 0.29) is 0 Å². The molecule has 0 atom stereocenters. The predicted molar refractivity (Wildman–Crippen MR) is 81.8 cm³/mol. The predicted octanol–water partition coefficient (Wildman–Crippen LogP) is 3.52. The third-order valence-electron chi connectivity index (χ3n) is 3.55. The molecule has 0 N–H and O–H groups in total. The van der Waals surface area contributed by atoms with Crippen LogP contribution >= 0.6 is 0 Å². The zero-order chi connectivity index (χ0) is 15.0. The van der Waals surface area contributed by atoms with E-state index in [4.69, 9.17) is 4.74 Å². The van der Waals surface area contributed by atoms with E-state index in [0.717, 1.165) is 33.7 Å². The third kappa shape index (κ3) is 2.13. The maximum absolute atomic E-state index is 9.36. The molecule has 2 heterocycles. The number of methoxy groups -OCH3 is 1. The Morgan fingerprint density at radius 1 is 1.19 bits per heavy atom. The lowest BCUT2D eigenvalue weighted by atomic mass is 10.1. The lowest BCUT2D eigenvalue weighted by molar-refractivity contribution is 0.415. The van der Waals surface area contributed by atoms with Crippen LogP contribution in [0, 0.1) is 25.2 Å². The summed E-state index contributed by atoms with van der Waals surface area (Å²) in [6.45, 7) is 3.97. The second kappa shape index (κ2) is 4.95. The van der Waals surface area contributed by atoms with Gasteiger partial charge in [0.25, 0.3) is 0 Å². The first-order valence-electron chi connectivity index (χ1n) is 6.68. The van der Waals surface area contributed by atoms with Crippen LogP contribution in [-0.4, -0.2) is 16.7 Å². The maximum Gasteiger partial charge on any atom is 0.146 e. The summed E-state index contributed by atoms with van der Waals surface area (Å²) >= 11 is 0. The molecule has 0 aliphatic rings. The van der Waals surface area contributed by atoms with E-state index in [0.29, 0.717) is 5.56 Å². The van der Waals surface area contributed by atoms with Crippen LogP contribution in [0.15, 0.2) is 36.5 Å².